The largest absolute Gasteiger partial charge is 0.269 e. The minimum Gasteiger partial charge on any atom is -0.258 e. The first-order valence-electron chi connectivity index (χ1n) is 9.21. The van der Waals surface area contributed by atoms with Gasteiger partial charge in [0.05, 0.1) is 4.92 Å². The Labute approximate surface area is 159 Å². The SMILES string of the molecule is Cc1ccc2c(c1)C(Cc1ccc([N+](=O)[O-])cc1)CC=C2c1ccccc1. The average molecular weight is 355 g/mol. The van der Waals surface area contributed by atoms with Crippen LogP contribution in [0.1, 0.15) is 40.2 Å². The zero-order chi connectivity index (χ0) is 18.8. The molecule has 1 aliphatic rings. The van der Waals surface area contributed by atoms with E-state index in [1.54, 1.807) is 12.1 Å². The standard InChI is InChI=1S/C24H21NO2/c1-17-7-13-23-22(19-5-3-2-4-6-19)14-10-20(24(23)15-17)16-18-8-11-21(12-9-18)25(26)27/h2-9,11-15,20H,10,16H2,1H3. The van der Waals surface area contributed by atoms with Crippen molar-refractivity contribution >= 4 is 11.3 Å². The molecule has 0 bridgehead atoms. The van der Waals surface area contributed by atoms with Gasteiger partial charge >= 0.3 is 0 Å². The molecule has 0 heterocycles. The van der Waals surface area contributed by atoms with E-state index in [1.165, 1.54) is 27.8 Å². The average Bonchev–Trinajstić information content (AvgIpc) is 2.69. The molecule has 4 rings (SSSR count). The van der Waals surface area contributed by atoms with Gasteiger partial charge in [-0.15, -0.1) is 0 Å². The van der Waals surface area contributed by atoms with Crippen LogP contribution in [0, 0.1) is 17.0 Å². The number of non-ortho nitro benzene ring substituents is 1. The lowest BCUT2D eigenvalue weighted by molar-refractivity contribution is -0.384. The third-order valence-electron chi connectivity index (χ3n) is 5.26. The number of fused-ring (bicyclic) bond motifs is 1. The van der Waals surface area contributed by atoms with E-state index in [0.717, 1.165) is 18.4 Å². The van der Waals surface area contributed by atoms with E-state index in [0.29, 0.717) is 5.92 Å². The molecule has 0 aromatic heterocycles. The van der Waals surface area contributed by atoms with Crippen molar-refractivity contribution in [2.45, 2.75) is 25.7 Å². The van der Waals surface area contributed by atoms with Gasteiger partial charge in [-0.3, -0.25) is 10.1 Å². The number of allylic oxidation sites excluding steroid dienone is 1. The molecule has 0 N–H and O–H groups in total. The zero-order valence-corrected chi connectivity index (χ0v) is 15.3. The minimum absolute atomic E-state index is 0.143. The molecule has 0 aliphatic heterocycles. The van der Waals surface area contributed by atoms with Crippen LogP contribution in [0.25, 0.3) is 5.57 Å². The highest BCUT2D eigenvalue weighted by Gasteiger charge is 2.23. The molecule has 1 unspecified atom stereocenters. The van der Waals surface area contributed by atoms with E-state index in [2.05, 4.69) is 55.5 Å². The Morgan fingerprint density at radius 1 is 1.00 bits per heavy atom. The van der Waals surface area contributed by atoms with Crippen LogP contribution in [0.5, 0.6) is 0 Å². The Balaban J connectivity index is 1.67. The summed E-state index contributed by atoms with van der Waals surface area (Å²) in [6.07, 6.45) is 4.19. The molecule has 3 heteroatoms. The van der Waals surface area contributed by atoms with Crippen LogP contribution in [-0.2, 0) is 6.42 Å². The monoisotopic (exact) mass is 355 g/mol. The van der Waals surface area contributed by atoms with Crippen LogP contribution in [0.2, 0.25) is 0 Å². The van der Waals surface area contributed by atoms with Gasteiger partial charge in [0.15, 0.2) is 0 Å². The number of nitro benzene ring substituents is 1. The van der Waals surface area contributed by atoms with E-state index in [9.17, 15) is 10.1 Å². The second kappa shape index (κ2) is 7.20. The van der Waals surface area contributed by atoms with Crippen molar-refractivity contribution in [2.75, 3.05) is 0 Å². The summed E-state index contributed by atoms with van der Waals surface area (Å²) in [5.74, 6) is 0.383. The van der Waals surface area contributed by atoms with Gasteiger partial charge in [-0.05, 0) is 53.5 Å². The van der Waals surface area contributed by atoms with Gasteiger partial charge in [0, 0.05) is 12.1 Å². The highest BCUT2D eigenvalue weighted by molar-refractivity contribution is 5.83. The summed E-state index contributed by atoms with van der Waals surface area (Å²) < 4.78 is 0. The van der Waals surface area contributed by atoms with E-state index in [-0.39, 0.29) is 10.6 Å². The van der Waals surface area contributed by atoms with Crippen molar-refractivity contribution in [3.8, 4) is 0 Å². The van der Waals surface area contributed by atoms with Crippen molar-refractivity contribution < 1.29 is 4.92 Å². The molecule has 0 saturated heterocycles. The highest BCUT2D eigenvalue weighted by atomic mass is 16.6. The van der Waals surface area contributed by atoms with Crippen molar-refractivity contribution in [1.82, 2.24) is 0 Å². The molecule has 1 atom stereocenters. The summed E-state index contributed by atoms with van der Waals surface area (Å²) in [5, 5.41) is 10.9. The fourth-order valence-corrected chi connectivity index (χ4v) is 3.88. The number of benzene rings is 3. The fraction of sp³-hybridized carbons (Fsp3) is 0.167. The number of aryl methyl sites for hydroxylation is 1. The molecule has 0 saturated carbocycles. The van der Waals surface area contributed by atoms with Gasteiger partial charge in [0.1, 0.15) is 0 Å². The van der Waals surface area contributed by atoms with Gasteiger partial charge < -0.3 is 0 Å². The van der Waals surface area contributed by atoms with Crippen LogP contribution >= 0.6 is 0 Å². The zero-order valence-electron chi connectivity index (χ0n) is 15.3. The molecule has 3 aromatic carbocycles. The second-order valence-corrected chi connectivity index (χ2v) is 7.13. The smallest absolute Gasteiger partial charge is 0.258 e. The Morgan fingerprint density at radius 3 is 2.44 bits per heavy atom. The third-order valence-corrected chi connectivity index (χ3v) is 5.26. The first-order valence-corrected chi connectivity index (χ1v) is 9.21. The summed E-state index contributed by atoms with van der Waals surface area (Å²) in [6, 6.07) is 24.2. The molecule has 0 radical (unpaired) electrons. The predicted octanol–water partition coefficient (Wildman–Crippen LogP) is 6.06. The maximum Gasteiger partial charge on any atom is 0.269 e. The summed E-state index contributed by atoms with van der Waals surface area (Å²) in [5.41, 5.74) is 7.75. The van der Waals surface area contributed by atoms with E-state index in [4.69, 9.17) is 0 Å². The maximum atomic E-state index is 10.9. The number of nitro groups is 1. The topological polar surface area (TPSA) is 43.1 Å². The lowest BCUT2D eigenvalue weighted by atomic mass is 9.77. The number of hydrogen-bond acceptors (Lipinski definition) is 2. The lowest BCUT2D eigenvalue weighted by Gasteiger charge is -2.27. The molecule has 3 nitrogen and oxygen atoms in total. The number of nitrogens with zero attached hydrogens (tertiary/aromatic N) is 1. The third kappa shape index (κ3) is 3.54. The summed E-state index contributed by atoms with van der Waals surface area (Å²) in [4.78, 5) is 10.5. The molecule has 1 aliphatic carbocycles. The Kier molecular flexibility index (Phi) is 4.59. The van der Waals surface area contributed by atoms with Crippen molar-refractivity contribution in [2.24, 2.45) is 0 Å². The molecule has 0 amide bonds. The Hall–Kier alpha value is -3.20. The maximum absolute atomic E-state index is 10.9. The molecular weight excluding hydrogens is 334 g/mol. The van der Waals surface area contributed by atoms with Gasteiger partial charge in [0.25, 0.3) is 5.69 Å². The van der Waals surface area contributed by atoms with Gasteiger partial charge in [-0.1, -0.05) is 72.3 Å². The molecule has 134 valence electrons. The quantitative estimate of drug-likeness (QED) is 0.421. The van der Waals surface area contributed by atoms with Crippen LogP contribution in [-0.4, -0.2) is 4.92 Å². The summed E-state index contributed by atoms with van der Waals surface area (Å²) >= 11 is 0. The van der Waals surface area contributed by atoms with Crippen molar-refractivity contribution in [3.63, 3.8) is 0 Å². The van der Waals surface area contributed by atoms with E-state index >= 15 is 0 Å². The van der Waals surface area contributed by atoms with Crippen LogP contribution in [0.4, 0.5) is 5.69 Å². The first-order chi connectivity index (χ1) is 13.1. The summed E-state index contributed by atoms with van der Waals surface area (Å²) in [6.45, 7) is 2.13. The van der Waals surface area contributed by atoms with Gasteiger partial charge in [-0.2, -0.15) is 0 Å². The molecule has 0 spiro atoms. The normalized spacial score (nSPS) is 15.7. The molecule has 3 aromatic rings. The first kappa shape index (κ1) is 17.2. The Morgan fingerprint density at radius 2 is 1.74 bits per heavy atom. The minimum atomic E-state index is -0.349. The molecular formula is C24H21NO2. The predicted molar refractivity (Wildman–Crippen MR) is 109 cm³/mol. The number of rotatable bonds is 4. The van der Waals surface area contributed by atoms with E-state index < -0.39 is 0 Å². The second-order valence-electron chi connectivity index (χ2n) is 7.13. The molecule has 0 fully saturated rings. The van der Waals surface area contributed by atoms with Crippen LogP contribution in [0.15, 0.2) is 78.9 Å². The van der Waals surface area contributed by atoms with Crippen molar-refractivity contribution in [1.29, 1.82) is 0 Å². The highest BCUT2D eigenvalue weighted by Crippen LogP contribution is 2.39. The van der Waals surface area contributed by atoms with Gasteiger partial charge in [0.2, 0.25) is 0 Å². The lowest BCUT2D eigenvalue weighted by Crippen LogP contribution is -2.11. The Bertz CT molecular complexity index is 1000. The van der Waals surface area contributed by atoms with Crippen LogP contribution < -0.4 is 0 Å². The summed E-state index contributed by atoms with van der Waals surface area (Å²) in [7, 11) is 0. The van der Waals surface area contributed by atoms with E-state index in [1.807, 2.05) is 18.2 Å². The van der Waals surface area contributed by atoms with Crippen LogP contribution in [0.3, 0.4) is 0 Å². The van der Waals surface area contributed by atoms with Crippen molar-refractivity contribution in [3.05, 3.63) is 117 Å². The fourth-order valence-electron chi connectivity index (χ4n) is 3.88. The number of hydrogen-bond donors (Lipinski definition) is 0. The van der Waals surface area contributed by atoms with Gasteiger partial charge in [-0.25, -0.2) is 0 Å². The molecule has 27 heavy (non-hydrogen) atoms.